The van der Waals surface area contributed by atoms with Crippen LogP contribution in [0.2, 0.25) is 0 Å². The summed E-state index contributed by atoms with van der Waals surface area (Å²) in [6.07, 6.45) is 0. The van der Waals surface area contributed by atoms with Gasteiger partial charge in [-0.1, -0.05) is 0 Å². The van der Waals surface area contributed by atoms with Crippen molar-refractivity contribution < 1.29 is 19.1 Å². The lowest BCUT2D eigenvalue weighted by Gasteiger charge is -2.13. The highest BCUT2D eigenvalue weighted by Gasteiger charge is 2.18. The molecule has 0 radical (unpaired) electrons. The first-order chi connectivity index (χ1) is 11.2. The number of Topliss-reactive ketones (excluding diaryl/α,β-unsaturated/α-hetero) is 2. The van der Waals surface area contributed by atoms with Gasteiger partial charge in [0.2, 0.25) is 5.78 Å². The molecular formula is C19H20O4S. The second-order valence-electron chi connectivity index (χ2n) is 5.84. The number of ketones is 2. The van der Waals surface area contributed by atoms with Crippen molar-refractivity contribution in [1.29, 1.82) is 0 Å². The second-order valence-corrected chi connectivity index (χ2v) is 6.92. The Bertz CT molecular complexity index is 830. The Morgan fingerprint density at radius 3 is 2.17 bits per heavy atom. The van der Waals surface area contributed by atoms with Gasteiger partial charge >= 0.3 is 5.97 Å². The average molecular weight is 344 g/mol. The Hall–Kier alpha value is -2.27. The lowest BCUT2D eigenvalue weighted by molar-refractivity contribution is 0.0479. The Kier molecular flexibility index (Phi) is 5.34. The molecule has 0 amide bonds. The molecule has 0 bridgehead atoms. The molecule has 2 rings (SSSR count). The molecule has 0 spiro atoms. The van der Waals surface area contributed by atoms with Gasteiger partial charge in [0, 0.05) is 5.56 Å². The first-order valence-electron chi connectivity index (χ1n) is 7.61. The quantitative estimate of drug-likeness (QED) is 0.602. The van der Waals surface area contributed by atoms with E-state index in [1.54, 1.807) is 12.1 Å². The van der Waals surface area contributed by atoms with E-state index in [9.17, 15) is 14.4 Å². The van der Waals surface area contributed by atoms with Gasteiger partial charge in [0.15, 0.2) is 12.4 Å². The van der Waals surface area contributed by atoms with Crippen molar-refractivity contribution in [2.45, 2.75) is 34.6 Å². The third-order valence-corrected chi connectivity index (χ3v) is 5.44. The maximum absolute atomic E-state index is 12.4. The van der Waals surface area contributed by atoms with Crippen molar-refractivity contribution in [3.63, 3.8) is 0 Å². The number of hydrogen-bond donors (Lipinski definition) is 0. The van der Waals surface area contributed by atoms with Crippen LogP contribution in [0.1, 0.15) is 58.9 Å². The van der Waals surface area contributed by atoms with E-state index >= 15 is 0 Å². The van der Waals surface area contributed by atoms with Crippen molar-refractivity contribution >= 4 is 28.9 Å². The molecule has 1 aromatic carbocycles. The third-order valence-electron chi connectivity index (χ3n) is 4.27. The minimum atomic E-state index is -0.584. The smallest absolute Gasteiger partial charge is 0.348 e. The zero-order valence-corrected chi connectivity index (χ0v) is 15.3. The SMILES string of the molecule is CC(=O)c1ccc(C(=O)OCC(=O)c2cc(C)c(C)c(C)c2C)s1. The van der Waals surface area contributed by atoms with E-state index in [-0.39, 0.29) is 18.2 Å². The Balaban J connectivity index is 2.10. The predicted octanol–water partition coefficient (Wildman–Crippen LogP) is 4.22. The number of rotatable bonds is 5. The number of benzene rings is 1. The van der Waals surface area contributed by atoms with Gasteiger partial charge < -0.3 is 4.74 Å². The van der Waals surface area contributed by atoms with Gasteiger partial charge in [0.05, 0.1) is 4.88 Å². The predicted molar refractivity (Wildman–Crippen MR) is 94.3 cm³/mol. The normalized spacial score (nSPS) is 10.5. The van der Waals surface area contributed by atoms with Crippen LogP contribution in [0.3, 0.4) is 0 Å². The van der Waals surface area contributed by atoms with Gasteiger partial charge in [0.1, 0.15) is 4.88 Å². The lowest BCUT2D eigenvalue weighted by atomic mass is 9.93. The van der Waals surface area contributed by atoms with Gasteiger partial charge in [-0.25, -0.2) is 4.79 Å². The highest BCUT2D eigenvalue weighted by atomic mass is 32.1. The largest absolute Gasteiger partial charge is 0.453 e. The second kappa shape index (κ2) is 7.09. The summed E-state index contributed by atoms with van der Waals surface area (Å²) in [7, 11) is 0. The lowest BCUT2D eigenvalue weighted by Crippen LogP contribution is -2.15. The highest BCUT2D eigenvalue weighted by molar-refractivity contribution is 7.15. The van der Waals surface area contributed by atoms with E-state index in [2.05, 4.69) is 0 Å². The van der Waals surface area contributed by atoms with Crippen LogP contribution >= 0.6 is 11.3 Å². The topological polar surface area (TPSA) is 60.4 Å². The molecule has 126 valence electrons. The van der Waals surface area contributed by atoms with Crippen LogP contribution in [0.5, 0.6) is 0 Å². The van der Waals surface area contributed by atoms with Crippen molar-refractivity contribution in [1.82, 2.24) is 0 Å². The van der Waals surface area contributed by atoms with Crippen LogP contribution in [0.15, 0.2) is 18.2 Å². The molecule has 0 aliphatic carbocycles. The number of hydrogen-bond acceptors (Lipinski definition) is 5. The fourth-order valence-corrected chi connectivity index (χ4v) is 3.21. The molecule has 1 aromatic heterocycles. The number of aryl methyl sites for hydroxylation is 1. The fourth-order valence-electron chi connectivity index (χ4n) is 2.42. The van der Waals surface area contributed by atoms with Crippen LogP contribution in [-0.4, -0.2) is 24.1 Å². The van der Waals surface area contributed by atoms with E-state index in [1.807, 2.05) is 33.8 Å². The molecule has 0 saturated carbocycles. The van der Waals surface area contributed by atoms with E-state index in [0.29, 0.717) is 15.3 Å². The molecule has 0 fully saturated rings. The molecule has 0 atom stereocenters. The molecule has 24 heavy (non-hydrogen) atoms. The number of thiophene rings is 1. The van der Waals surface area contributed by atoms with Gasteiger partial charge in [-0.3, -0.25) is 9.59 Å². The summed E-state index contributed by atoms with van der Waals surface area (Å²) in [6.45, 7) is 8.99. The Morgan fingerprint density at radius 1 is 0.958 bits per heavy atom. The van der Waals surface area contributed by atoms with Crippen LogP contribution in [0.25, 0.3) is 0 Å². The minimum absolute atomic E-state index is 0.101. The number of ether oxygens (including phenoxy) is 1. The summed E-state index contributed by atoms with van der Waals surface area (Å²) >= 11 is 1.07. The molecule has 0 aliphatic rings. The van der Waals surface area contributed by atoms with Crippen molar-refractivity contribution in [2.75, 3.05) is 6.61 Å². The summed E-state index contributed by atoms with van der Waals surface area (Å²) < 4.78 is 5.11. The summed E-state index contributed by atoms with van der Waals surface area (Å²) in [6, 6.07) is 4.97. The third kappa shape index (κ3) is 3.62. The monoisotopic (exact) mass is 344 g/mol. The number of esters is 1. The van der Waals surface area contributed by atoms with Gasteiger partial charge in [-0.2, -0.15) is 0 Å². The standard InChI is InChI=1S/C19H20O4S/c1-10-8-15(13(4)12(3)11(10)2)16(21)9-23-19(22)18-7-6-17(24-18)14(5)20/h6-8H,9H2,1-5H3. The molecule has 0 unspecified atom stereocenters. The molecule has 0 aliphatic heterocycles. The fraction of sp³-hybridized carbons (Fsp3) is 0.316. The summed E-state index contributed by atoms with van der Waals surface area (Å²) in [5.41, 5.74) is 4.77. The van der Waals surface area contributed by atoms with Gasteiger partial charge in [-0.15, -0.1) is 11.3 Å². The Labute approximate surface area is 145 Å². The van der Waals surface area contributed by atoms with Crippen molar-refractivity contribution in [3.8, 4) is 0 Å². The summed E-state index contributed by atoms with van der Waals surface area (Å²) in [5, 5.41) is 0. The zero-order chi connectivity index (χ0) is 18.0. The first kappa shape index (κ1) is 18.1. The molecule has 1 heterocycles. The van der Waals surface area contributed by atoms with E-state index in [4.69, 9.17) is 4.74 Å². The molecule has 0 N–H and O–H groups in total. The van der Waals surface area contributed by atoms with Gasteiger partial charge in [-0.05, 0) is 75.1 Å². The maximum atomic E-state index is 12.4. The summed E-state index contributed by atoms with van der Waals surface area (Å²) in [4.78, 5) is 36.5. The molecule has 0 saturated heterocycles. The van der Waals surface area contributed by atoms with E-state index < -0.39 is 5.97 Å². The molecule has 2 aromatic rings. The minimum Gasteiger partial charge on any atom is -0.453 e. The van der Waals surface area contributed by atoms with Crippen LogP contribution in [0.4, 0.5) is 0 Å². The number of carbonyl (C=O) groups is 3. The Morgan fingerprint density at radius 2 is 1.58 bits per heavy atom. The van der Waals surface area contributed by atoms with E-state index in [1.165, 1.54) is 6.92 Å². The summed E-state index contributed by atoms with van der Waals surface area (Å²) in [5.74, 6) is -0.911. The zero-order valence-electron chi connectivity index (χ0n) is 14.5. The van der Waals surface area contributed by atoms with Crippen LogP contribution in [-0.2, 0) is 4.74 Å². The molecule has 5 heteroatoms. The maximum Gasteiger partial charge on any atom is 0.348 e. The average Bonchev–Trinajstić information content (AvgIpc) is 3.04. The number of carbonyl (C=O) groups excluding carboxylic acids is 3. The van der Waals surface area contributed by atoms with E-state index in [0.717, 1.165) is 33.6 Å². The van der Waals surface area contributed by atoms with Crippen LogP contribution < -0.4 is 0 Å². The molecule has 4 nitrogen and oxygen atoms in total. The highest BCUT2D eigenvalue weighted by Crippen LogP contribution is 2.22. The molecular weight excluding hydrogens is 324 g/mol. The van der Waals surface area contributed by atoms with Crippen molar-refractivity contribution in [3.05, 3.63) is 55.8 Å². The van der Waals surface area contributed by atoms with Crippen molar-refractivity contribution in [2.24, 2.45) is 0 Å². The first-order valence-corrected chi connectivity index (χ1v) is 8.42. The van der Waals surface area contributed by atoms with Crippen LogP contribution in [0, 0.1) is 27.7 Å². The van der Waals surface area contributed by atoms with Gasteiger partial charge in [0.25, 0.3) is 0 Å².